The van der Waals surface area contributed by atoms with Gasteiger partial charge in [-0.15, -0.1) is 11.3 Å². The lowest BCUT2D eigenvalue weighted by Gasteiger charge is -2.34. The predicted molar refractivity (Wildman–Crippen MR) is 100 cm³/mol. The molecule has 1 N–H and O–H groups in total. The lowest BCUT2D eigenvalue weighted by Crippen LogP contribution is -2.49. The molecule has 1 aromatic carbocycles. The maximum absolute atomic E-state index is 12.4. The molecule has 3 rings (SSSR count). The normalized spacial score (nSPS) is 15.0. The third-order valence-corrected chi connectivity index (χ3v) is 5.30. The molecule has 0 spiro atoms. The fourth-order valence-corrected chi connectivity index (χ4v) is 3.56. The van der Waals surface area contributed by atoms with Crippen molar-refractivity contribution >= 4 is 28.7 Å². The molecule has 0 unspecified atom stereocenters. The predicted octanol–water partition coefficient (Wildman–Crippen LogP) is 2.96. The summed E-state index contributed by atoms with van der Waals surface area (Å²) in [6.45, 7) is 5.69. The number of anilines is 1. The molecule has 0 radical (unpaired) electrons. The fraction of sp³-hybridized carbons (Fsp3) is 0.412. The third-order valence-electron chi connectivity index (χ3n) is 4.26. The number of piperazine rings is 1. The van der Waals surface area contributed by atoms with Crippen molar-refractivity contribution in [2.75, 3.05) is 31.5 Å². The van der Waals surface area contributed by atoms with Gasteiger partial charge < -0.3 is 10.2 Å². The van der Waals surface area contributed by atoms with Crippen LogP contribution >= 0.6 is 11.3 Å². The van der Waals surface area contributed by atoms with E-state index in [1.807, 2.05) is 0 Å². The smallest absolute Gasteiger partial charge is 0.321 e. The highest BCUT2D eigenvalue weighted by Crippen LogP contribution is 2.18. The van der Waals surface area contributed by atoms with Crippen LogP contribution in [0.2, 0.25) is 0 Å². The zero-order valence-electron chi connectivity index (χ0n) is 14.6. The van der Waals surface area contributed by atoms with Crippen LogP contribution in [0.1, 0.15) is 17.6 Å². The van der Waals surface area contributed by atoms with Crippen molar-refractivity contribution < 1.29 is 9.72 Å². The number of non-ortho nitro benzene ring substituents is 1. The van der Waals surface area contributed by atoms with E-state index in [2.05, 4.69) is 27.5 Å². The maximum atomic E-state index is 12.4. The number of amides is 2. The van der Waals surface area contributed by atoms with Crippen LogP contribution in [0.15, 0.2) is 29.6 Å². The number of urea groups is 1. The van der Waals surface area contributed by atoms with Crippen molar-refractivity contribution in [3.05, 3.63) is 50.5 Å². The lowest BCUT2D eigenvalue weighted by atomic mass is 10.2. The quantitative estimate of drug-likeness (QED) is 0.641. The Hall–Kier alpha value is -2.52. The molecule has 0 bridgehead atoms. The number of aromatic nitrogens is 1. The Labute approximate surface area is 155 Å². The van der Waals surface area contributed by atoms with Crippen LogP contribution in [-0.4, -0.2) is 51.9 Å². The number of nitrogens with one attached hydrogen (secondary N) is 1. The van der Waals surface area contributed by atoms with Crippen LogP contribution in [0.3, 0.4) is 0 Å². The van der Waals surface area contributed by atoms with Gasteiger partial charge in [0.05, 0.1) is 15.6 Å². The van der Waals surface area contributed by atoms with Crippen molar-refractivity contribution in [2.24, 2.45) is 0 Å². The summed E-state index contributed by atoms with van der Waals surface area (Å²) in [5, 5.41) is 16.8. The molecule has 1 fully saturated rings. The minimum atomic E-state index is -0.475. The van der Waals surface area contributed by atoms with Gasteiger partial charge in [-0.05, 0) is 12.5 Å². The number of nitro groups is 1. The first-order chi connectivity index (χ1) is 12.5. The summed E-state index contributed by atoms with van der Waals surface area (Å²) in [4.78, 5) is 31.3. The first-order valence-corrected chi connectivity index (χ1v) is 9.39. The molecule has 8 nitrogen and oxygen atoms in total. The second-order valence-corrected chi connectivity index (χ2v) is 7.03. The lowest BCUT2D eigenvalue weighted by molar-refractivity contribution is -0.384. The summed E-state index contributed by atoms with van der Waals surface area (Å²) in [7, 11) is 0. The minimum Gasteiger partial charge on any atom is -0.322 e. The molecule has 1 saturated heterocycles. The third kappa shape index (κ3) is 4.55. The topological polar surface area (TPSA) is 91.6 Å². The van der Waals surface area contributed by atoms with Crippen LogP contribution in [0.5, 0.6) is 0 Å². The number of rotatable bonds is 5. The molecule has 9 heteroatoms. The fourth-order valence-electron chi connectivity index (χ4n) is 2.82. The van der Waals surface area contributed by atoms with Crippen molar-refractivity contribution in [3.8, 4) is 0 Å². The molecule has 0 atom stereocenters. The average molecular weight is 375 g/mol. The number of carbonyl (C=O) groups is 1. The summed E-state index contributed by atoms with van der Waals surface area (Å²) >= 11 is 1.69. The van der Waals surface area contributed by atoms with Gasteiger partial charge in [-0.1, -0.05) is 13.0 Å². The average Bonchev–Trinajstić information content (AvgIpc) is 3.10. The van der Waals surface area contributed by atoms with E-state index in [-0.39, 0.29) is 11.7 Å². The number of nitro benzene ring substituents is 1. The van der Waals surface area contributed by atoms with E-state index >= 15 is 0 Å². The van der Waals surface area contributed by atoms with E-state index < -0.39 is 4.92 Å². The number of carbonyl (C=O) groups excluding carboxylic acids is 1. The summed E-state index contributed by atoms with van der Waals surface area (Å²) in [5.41, 5.74) is 1.48. The Balaban J connectivity index is 1.50. The van der Waals surface area contributed by atoms with E-state index in [4.69, 9.17) is 0 Å². The van der Waals surface area contributed by atoms with Gasteiger partial charge in [0, 0.05) is 55.9 Å². The second kappa shape index (κ2) is 8.24. The van der Waals surface area contributed by atoms with Gasteiger partial charge in [-0.3, -0.25) is 15.0 Å². The number of hydrogen-bond acceptors (Lipinski definition) is 6. The van der Waals surface area contributed by atoms with Crippen molar-refractivity contribution in [1.29, 1.82) is 0 Å². The molecule has 138 valence electrons. The van der Waals surface area contributed by atoms with Gasteiger partial charge in [-0.25, -0.2) is 9.78 Å². The van der Waals surface area contributed by atoms with E-state index in [1.54, 1.807) is 28.4 Å². The van der Waals surface area contributed by atoms with Gasteiger partial charge in [0.25, 0.3) is 5.69 Å². The van der Waals surface area contributed by atoms with Crippen LogP contribution in [0.4, 0.5) is 16.2 Å². The van der Waals surface area contributed by atoms with Crippen LogP contribution in [-0.2, 0) is 13.0 Å². The first kappa shape index (κ1) is 18.3. The summed E-state index contributed by atoms with van der Waals surface area (Å²) in [5.74, 6) is 0. The molecular formula is C17H21N5O3S. The Morgan fingerprint density at radius 1 is 1.35 bits per heavy atom. The number of thiazole rings is 1. The molecule has 1 aliphatic rings. The highest BCUT2D eigenvalue weighted by atomic mass is 32.1. The van der Waals surface area contributed by atoms with Crippen molar-refractivity contribution in [3.63, 3.8) is 0 Å². The minimum absolute atomic E-state index is 0.0395. The molecule has 2 amide bonds. The van der Waals surface area contributed by atoms with Crippen LogP contribution in [0.25, 0.3) is 0 Å². The van der Waals surface area contributed by atoms with Gasteiger partial charge in [0.2, 0.25) is 0 Å². The van der Waals surface area contributed by atoms with Crippen molar-refractivity contribution in [1.82, 2.24) is 14.8 Å². The Bertz CT molecular complexity index is 786. The molecule has 0 saturated carbocycles. The van der Waals surface area contributed by atoms with E-state index in [0.717, 1.165) is 36.8 Å². The van der Waals surface area contributed by atoms with E-state index in [0.29, 0.717) is 18.8 Å². The molecule has 1 aromatic heterocycles. The van der Waals surface area contributed by atoms with Gasteiger partial charge in [-0.2, -0.15) is 0 Å². The molecule has 1 aliphatic heterocycles. The van der Waals surface area contributed by atoms with Gasteiger partial charge in [0.15, 0.2) is 0 Å². The highest BCUT2D eigenvalue weighted by Gasteiger charge is 2.22. The number of benzene rings is 1. The molecule has 0 aliphatic carbocycles. The molecular weight excluding hydrogens is 354 g/mol. The van der Waals surface area contributed by atoms with Crippen LogP contribution in [0, 0.1) is 10.1 Å². The molecule has 26 heavy (non-hydrogen) atoms. The standard InChI is InChI=1S/C17H21N5O3S/c1-2-16-18-14(12-26-16)11-20-6-8-21(9-7-20)17(23)19-13-4-3-5-15(10-13)22(24)25/h3-5,10,12H,2,6-9,11H2,1H3,(H,19,23). The summed E-state index contributed by atoms with van der Waals surface area (Å²) < 4.78 is 0. The monoisotopic (exact) mass is 375 g/mol. The van der Waals surface area contributed by atoms with Gasteiger partial charge in [0.1, 0.15) is 0 Å². The number of nitrogens with zero attached hydrogens (tertiary/aromatic N) is 4. The van der Waals surface area contributed by atoms with E-state index in [1.165, 1.54) is 12.1 Å². The largest absolute Gasteiger partial charge is 0.322 e. The zero-order chi connectivity index (χ0) is 18.5. The van der Waals surface area contributed by atoms with Crippen LogP contribution < -0.4 is 5.32 Å². The van der Waals surface area contributed by atoms with E-state index in [9.17, 15) is 14.9 Å². The SMILES string of the molecule is CCc1nc(CN2CCN(C(=O)Nc3cccc([N+](=O)[O-])c3)CC2)cs1. The summed E-state index contributed by atoms with van der Waals surface area (Å²) in [6, 6.07) is 5.74. The van der Waals surface area contributed by atoms with Crippen molar-refractivity contribution in [2.45, 2.75) is 19.9 Å². The zero-order valence-corrected chi connectivity index (χ0v) is 15.4. The number of hydrogen-bond donors (Lipinski definition) is 1. The Morgan fingerprint density at radius 3 is 2.77 bits per heavy atom. The Kier molecular flexibility index (Phi) is 5.79. The maximum Gasteiger partial charge on any atom is 0.321 e. The molecule has 2 heterocycles. The Morgan fingerprint density at radius 2 is 2.12 bits per heavy atom. The first-order valence-electron chi connectivity index (χ1n) is 8.51. The summed E-state index contributed by atoms with van der Waals surface area (Å²) in [6.07, 6.45) is 0.955. The molecule has 2 aromatic rings. The van der Waals surface area contributed by atoms with Gasteiger partial charge >= 0.3 is 6.03 Å². The highest BCUT2D eigenvalue weighted by molar-refractivity contribution is 7.09. The number of aryl methyl sites for hydroxylation is 1. The second-order valence-electron chi connectivity index (χ2n) is 6.09.